The van der Waals surface area contributed by atoms with Crippen LogP contribution in [0.3, 0.4) is 0 Å². The first kappa shape index (κ1) is 16.7. The smallest absolute Gasteiger partial charge is 0.254 e. The molecule has 1 aromatic carbocycles. The van der Waals surface area contributed by atoms with Gasteiger partial charge in [-0.05, 0) is 44.0 Å². The van der Waals surface area contributed by atoms with Crippen molar-refractivity contribution in [3.05, 3.63) is 58.9 Å². The Kier molecular flexibility index (Phi) is 5.11. The van der Waals surface area contributed by atoms with Crippen molar-refractivity contribution in [3.63, 3.8) is 0 Å². The summed E-state index contributed by atoms with van der Waals surface area (Å²) in [7, 11) is 1.61. The minimum Gasteiger partial charge on any atom is -0.332 e. The van der Waals surface area contributed by atoms with Crippen LogP contribution >= 0.6 is 0 Å². The zero-order valence-electron chi connectivity index (χ0n) is 13.9. The van der Waals surface area contributed by atoms with Crippen molar-refractivity contribution < 1.29 is 9.59 Å². The first-order chi connectivity index (χ1) is 10.9. The Morgan fingerprint density at radius 3 is 2.22 bits per heavy atom. The van der Waals surface area contributed by atoms with Gasteiger partial charge in [0, 0.05) is 30.7 Å². The Balaban J connectivity index is 2.04. The van der Waals surface area contributed by atoms with Gasteiger partial charge in [-0.2, -0.15) is 0 Å². The fourth-order valence-electron chi connectivity index (χ4n) is 2.56. The number of aromatic nitrogens is 1. The highest BCUT2D eigenvalue weighted by atomic mass is 16.2. The Morgan fingerprint density at radius 1 is 1.09 bits per heavy atom. The van der Waals surface area contributed by atoms with Crippen LogP contribution in [0.1, 0.15) is 27.0 Å². The molecule has 5 nitrogen and oxygen atoms in total. The van der Waals surface area contributed by atoms with Crippen molar-refractivity contribution in [3.8, 4) is 0 Å². The predicted octanol–water partition coefficient (Wildman–Crippen LogP) is 2.72. The lowest BCUT2D eigenvalue weighted by atomic mass is 10.1. The zero-order valence-corrected chi connectivity index (χ0v) is 13.9. The normalized spacial score (nSPS) is 10.3. The van der Waals surface area contributed by atoms with Crippen LogP contribution in [0.15, 0.2) is 36.7 Å². The van der Waals surface area contributed by atoms with Crippen LogP contribution in [0.25, 0.3) is 0 Å². The summed E-state index contributed by atoms with van der Waals surface area (Å²) in [5.41, 5.74) is 4.50. The van der Waals surface area contributed by atoms with Crippen molar-refractivity contribution in [2.45, 2.75) is 20.8 Å². The van der Waals surface area contributed by atoms with Gasteiger partial charge in [0.15, 0.2) is 0 Å². The summed E-state index contributed by atoms with van der Waals surface area (Å²) < 4.78 is 0. The fourth-order valence-corrected chi connectivity index (χ4v) is 2.56. The summed E-state index contributed by atoms with van der Waals surface area (Å²) in [4.78, 5) is 29.7. The molecule has 2 rings (SSSR count). The largest absolute Gasteiger partial charge is 0.332 e. The van der Waals surface area contributed by atoms with E-state index in [4.69, 9.17) is 0 Å². The number of benzene rings is 1. The van der Waals surface area contributed by atoms with Crippen molar-refractivity contribution in [1.82, 2.24) is 9.88 Å². The molecule has 0 saturated heterocycles. The highest BCUT2D eigenvalue weighted by Crippen LogP contribution is 2.21. The molecular weight excluding hydrogens is 290 g/mol. The van der Waals surface area contributed by atoms with E-state index in [-0.39, 0.29) is 18.4 Å². The van der Waals surface area contributed by atoms with E-state index >= 15 is 0 Å². The van der Waals surface area contributed by atoms with E-state index in [0.717, 1.165) is 22.4 Å². The molecule has 0 aliphatic rings. The third kappa shape index (κ3) is 4.16. The number of nitrogens with zero attached hydrogens (tertiary/aromatic N) is 2. The molecule has 0 unspecified atom stereocenters. The van der Waals surface area contributed by atoms with E-state index in [1.807, 2.05) is 32.9 Å². The zero-order chi connectivity index (χ0) is 17.0. The van der Waals surface area contributed by atoms with Crippen LogP contribution in [-0.4, -0.2) is 35.3 Å². The number of likely N-dealkylation sites (N-methyl/N-ethyl adjacent to an activating group) is 1. The highest BCUT2D eigenvalue weighted by Gasteiger charge is 2.16. The van der Waals surface area contributed by atoms with Crippen LogP contribution in [0, 0.1) is 20.8 Å². The van der Waals surface area contributed by atoms with Gasteiger partial charge >= 0.3 is 0 Å². The van der Waals surface area contributed by atoms with Crippen molar-refractivity contribution in [2.24, 2.45) is 0 Å². The number of rotatable bonds is 4. The molecule has 1 heterocycles. The lowest BCUT2D eigenvalue weighted by Crippen LogP contribution is -2.35. The molecule has 0 fully saturated rings. The number of amides is 2. The maximum Gasteiger partial charge on any atom is 0.254 e. The van der Waals surface area contributed by atoms with Gasteiger partial charge in [0.05, 0.1) is 6.54 Å². The lowest BCUT2D eigenvalue weighted by Gasteiger charge is -2.18. The third-order valence-electron chi connectivity index (χ3n) is 3.60. The van der Waals surface area contributed by atoms with E-state index < -0.39 is 0 Å². The molecule has 0 aliphatic heterocycles. The van der Waals surface area contributed by atoms with Gasteiger partial charge in [0.2, 0.25) is 5.91 Å². The lowest BCUT2D eigenvalue weighted by molar-refractivity contribution is -0.116. The number of hydrogen-bond acceptors (Lipinski definition) is 3. The Bertz CT molecular complexity index is 703. The van der Waals surface area contributed by atoms with E-state index in [9.17, 15) is 9.59 Å². The van der Waals surface area contributed by atoms with Crippen LogP contribution in [-0.2, 0) is 4.79 Å². The Labute approximate surface area is 136 Å². The third-order valence-corrected chi connectivity index (χ3v) is 3.60. The molecule has 1 aromatic heterocycles. The molecule has 0 aliphatic carbocycles. The number of anilines is 1. The number of nitrogens with one attached hydrogen (secondary N) is 1. The minimum atomic E-state index is -0.218. The summed E-state index contributed by atoms with van der Waals surface area (Å²) in [6, 6.07) is 7.30. The number of carbonyl (C=O) groups excluding carboxylic acids is 2. The molecule has 2 aromatic rings. The summed E-state index contributed by atoms with van der Waals surface area (Å²) in [5.74, 6) is -0.426. The monoisotopic (exact) mass is 311 g/mol. The molecule has 0 spiro atoms. The summed E-state index contributed by atoms with van der Waals surface area (Å²) >= 11 is 0. The van der Waals surface area contributed by atoms with Gasteiger partial charge in [0.25, 0.3) is 5.91 Å². The molecule has 0 bridgehead atoms. The molecule has 120 valence electrons. The second kappa shape index (κ2) is 7.05. The summed E-state index contributed by atoms with van der Waals surface area (Å²) in [6.45, 7) is 5.93. The van der Waals surface area contributed by atoms with Gasteiger partial charge in [-0.15, -0.1) is 0 Å². The quantitative estimate of drug-likeness (QED) is 0.944. The maximum absolute atomic E-state index is 12.2. The number of carbonyl (C=O) groups is 2. The average molecular weight is 311 g/mol. The molecule has 2 amide bonds. The standard InChI is InChI=1S/C18H21N3O2/c1-12-9-13(2)17(14(3)10-12)20-16(22)11-21(4)18(23)15-5-7-19-8-6-15/h5-10H,11H2,1-4H3,(H,20,22). The van der Waals surface area contributed by atoms with Gasteiger partial charge in [-0.1, -0.05) is 17.7 Å². The van der Waals surface area contributed by atoms with Crippen molar-refractivity contribution >= 4 is 17.5 Å². The number of pyridine rings is 1. The molecule has 0 radical (unpaired) electrons. The predicted molar refractivity (Wildman–Crippen MR) is 90.5 cm³/mol. The van der Waals surface area contributed by atoms with E-state index in [0.29, 0.717) is 5.56 Å². The van der Waals surface area contributed by atoms with E-state index in [1.165, 1.54) is 4.90 Å². The Morgan fingerprint density at radius 2 is 1.65 bits per heavy atom. The second-order valence-corrected chi connectivity index (χ2v) is 5.72. The van der Waals surface area contributed by atoms with Gasteiger partial charge in [-0.25, -0.2) is 0 Å². The fraction of sp³-hybridized carbons (Fsp3) is 0.278. The highest BCUT2D eigenvalue weighted by molar-refractivity contribution is 5.99. The summed E-state index contributed by atoms with van der Waals surface area (Å²) in [6.07, 6.45) is 3.11. The van der Waals surface area contributed by atoms with Crippen LogP contribution in [0.5, 0.6) is 0 Å². The van der Waals surface area contributed by atoms with Crippen molar-refractivity contribution in [1.29, 1.82) is 0 Å². The van der Waals surface area contributed by atoms with Crippen LogP contribution in [0.4, 0.5) is 5.69 Å². The van der Waals surface area contributed by atoms with E-state index in [1.54, 1.807) is 31.6 Å². The van der Waals surface area contributed by atoms with Crippen LogP contribution in [0.2, 0.25) is 0 Å². The SMILES string of the molecule is Cc1cc(C)c(NC(=O)CN(C)C(=O)c2ccncc2)c(C)c1. The topological polar surface area (TPSA) is 62.3 Å². The molecule has 1 N–H and O–H groups in total. The second-order valence-electron chi connectivity index (χ2n) is 5.72. The van der Waals surface area contributed by atoms with E-state index in [2.05, 4.69) is 10.3 Å². The first-order valence-corrected chi connectivity index (χ1v) is 7.41. The average Bonchev–Trinajstić information content (AvgIpc) is 2.51. The first-order valence-electron chi connectivity index (χ1n) is 7.41. The maximum atomic E-state index is 12.2. The van der Waals surface area contributed by atoms with Gasteiger partial charge < -0.3 is 10.2 Å². The van der Waals surface area contributed by atoms with Gasteiger partial charge in [-0.3, -0.25) is 14.6 Å². The molecule has 0 atom stereocenters. The number of hydrogen-bond donors (Lipinski definition) is 1. The molecule has 0 saturated carbocycles. The van der Waals surface area contributed by atoms with Crippen LogP contribution < -0.4 is 5.32 Å². The molecule has 5 heteroatoms. The minimum absolute atomic E-state index is 0.00604. The summed E-state index contributed by atoms with van der Waals surface area (Å²) in [5, 5.41) is 2.90. The number of aryl methyl sites for hydroxylation is 3. The molecular formula is C18H21N3O2. The van der Waals surface area contributed by atoms with Gasteiger partial charge in [0.1, 0.15) is 0 Å². The Hall–Kier alpha value is -2.69. The molecule has 23 heavy (non-hydrogen) atoms. The van der Waals surface area contributed by atoms with Crippen molar-refractivity contribution in [2.75, 3.05) is 18.9 Å².